The van der Waals surface area contributed by atoms with E-state index in [-0.39, 0.29) is 23.6 Å². The van der Waals surface area contributed by atoms with Crippen LogP contribution in [0.1, 0.15) is 53.3 Å². The lowest BCUT2D eigenvalue weighted by Crippen LogP contribution is -2.25. The number of amides is 1. The lowest BCUT2D eigenvalue weighted by molar-refractivity contribution is -0.138. The molecule has 1 amide bonds. The second-order valence-corrected chi connectivity index (χ2v) is 8.62. The molecule has 0 spiro atoms. The van der Waals surface area contributed by atoms with E-state index in [1.54, 1.807) is 18.5 Å². The highest BCUT2D eigenvalue weighted by molar-refractivity contribution is 6.01. The van der Waals surface area contributed by atoms with Gasteiger partial charge in [-0.1, -0.05) is 50.1 Å². The van der Waals surface area contributed by atoms with Gasteiger partial charge in [-0.2, -0.15) is 13.2 Å². The van der Waals surface area contributed by atoms with Gasteiger partial charge in [-0.3, -0.25) is 14.7 Å². The van der Waals surface area contributed by atoms with Gasteiger partial charge in [0.05, 0.1) is 11.1 Å². The van der Waals surface area contributed by atoms with Crippen LogP contribution < -0.4 is 5.32 Å². The molecule has 0 aliphatic heterocycles. The standard InChI is InChI=1S/C29H26F3N5O/c1-3-15-37(4-2)19-22-10-12-24(16-26(22)29(30,31)32)36-28(38)27-34-14-13-23(35-27)11-9-21-18-33-17-20-7-5-6-8-25(20)21/h5-8,10,12-14,16-18H,3-4,15,19H2,1-2H3,(H,36,38). The monoisotopic (exact) mass is 517 g/mol. The number of pyridine rings is 1. The summed E-state index contributed by atoms with van der Waals surface area (Å²) in [6, 6.07) is 13.0. The molecule has 2 aromatic carbocycles. The third-order valence-electron chi connectivity index (χ3n) is 5.91. The van der Waals surface area contributed by atoms with Crippen molar-refractivity contribution in [1.82, 2.24) is 19.9 Å². The fourth-order valence-electron chi connectivity index (χ4n) is 4.03. The Balaban J connectivity index is 1.55. The molecule has 4 aromatic rings. The topological polar surface area (TPSA) is 71.0 Å². The zero-order valence-electron chi connectivity index (χ0n) is 21.0. The van der Waals surface area contributed by atoms with E-state index >= 15 is 0 Å². The average Bonchev–Trinajstić information content (AvgIpc) is 2.92. The molecule has 194 valence electrons. The Hall–Kier alpha value is -4.29. The van der Waals surface area contributed by atoms with E-state index in [9.17, 15) is 18.0 Å². The number of nitrogens with zero attached hydrogens (tertiary/aromatic N) is 4. The van der Waals surface area contributed by atoms with Gasteiger partial charge < -0.3 is 5.32 Å². The summed E-state index contributed by atoms with van der Waals surface area (Å²) in [6.45, 7) is 5.39. The van der Waals surface area contributed by atoms with E-state index in [1.807, 2.05) is 43.0 Å². The highest BCUT2D eigenvalue weighted by Crippen LogP contribution is 2.34. The Morgan fingerprint density at radius 3 is 2.63 bits per heavy atom. The van der Waals surface area contributed by atoms with Crippen molar-refractivity contribution in [3.05, 3.63) is 95.3 Å². The normalized spacial score (nSPS) is 11.3. The van der Waals surface area contributed by atoms with Gasteiger partial charge in [-0.25, -0.2) is 9.97 Å². The minimum absolute atomic E-state index is 0.00605. The molecule has 0 bridgehead atoms. The Kier molecular flexibility index (Phi) is 8.34. The second kappa shape index (κ2) is 11.8. The van der Waals surface area contributed by atoms with Crippen molar-refractivity contribution in [2.75, 3.05) is 18.4 Å². The smallest absolute Gasteiger partial charge is 0.319 e. The first-order chi connectivity index (χ1) is 18.3. The molecule has 0 atom stereocenters. The number of nitrogens with one attached hydrogen (secondary N) is 1. The van der Waals surface area contributed by atoms with Crippen molar-refractivity contribution in [3.63, 3.8) is 0 Å². The fraction of sp³-hybridized carbons (Fsp3) is 0.241. The molecular weight excluding hydrogens is 491 g/mol. The number of aromatic nitrogens is 3. The maximum atomic E-state index is 13.8. The van der Waals surface area contributed by atoms with E-state index in [4.69, 9.17) is 0 Å². The molecule has 0 saturated carbocycles. The van der Waals surface area contributed by atoms with Crippen LogP contribution in [0.4, 0.5) is 18.9 Å². The van der Waals surface area contributed by atoms with Gasteiger partial charge in [0.25, 0.3) is 5.91 Å². The maximum absolute atomic E-state index is 13.8. The lowest BCUT2D eigenvalue weighted by atomic mass is 10.0. The molecule has 0 radical (unpaired) electrons. The average molecular weight is 518 g/mol. The van der Waals surface area contributed by atoms with Crippen molar-refractivity contribution in [3.8, 4) is 11.8 Å². The van der Waals surface area contributed by atoms with E-state index in [0.29, 0.717) is 24.3 Å². The number of carbonyl (C=O) groups is 1. The first-order valence-electron chi connectivity index (χ1n) is 12.2. The number of fused-ring (bicyclic) bond motifs is 1. The van der Waals surface area contributed by atoms with Crippen LogP contribution in [0.5, 0.6) is 0 Å². The predicted molar refractivity (Wildman–Crippen MR) is 140 cm³/mol. The molecule has 9 heteroatoms. The number of carbonyl (C=O) groups excluding carboxylic acids is 1. The van der Waals surface area contributed by atoms with Crippen molar-refractivity contribution >= 4 is 22.4 Å². The zero-order chi connectivity index (χ0) is 27.1. The highest BCUT2D eigenvalue weighted by atomic mass is 19.4. The van der Waals surface area contributed by atoms with Crippen LogP contribution in [0.3, 0.4) is 0 Å². The molecule has 2 heterocycles. The molecule has 2 aromatic heterocycles. The van der Waals surface area contributed by atoms with Crippen LogP contribution in [-0.4, -0.2) is 38.8 Å². The molecule has 38 heavy (non-hydrogen) atoms. The van der Waals surface area contributed by atoms with Crippen LogP contribution in [-0.2, 0) is 12.7 Å². The summed E-state index contributed by atoms with van der Waals surface area (Å²) in [5.41, 5.74) is 0.371. The first-order valence-corrected chi connectivity index (χ1v) is 12.2. The number of anilines is 1. The minimum Gasteiger partial charge on any atom is -0.319 e. The number of halogens is 3. The second-order valence-electron chi connectivity index (χ2n) is 8.62. The Morgan fingerprint density at radius 1 is 1.05 bits per heavy atom. The van der Waals surface area contributed by atoms with Crippen molar-refractivity contribution in [1.29, 1.82) is 0 Å². The summed E-state index contributed by atoms with van der Waals surface area (Å²) in [5, 5.41) is 4.36. The van der Waals surface area contributed by atoms with Crippen molar-refractivity contribution in [2.45, 2.75) is 33.0 Å². The third-order valence-corrected chi connectivity index (χ3v) is 5.91. The van der Waals surface area contributed by atoms with E-state index in [0.717, 1.165) is 23.3 Å². The zero-order valence-corrected chi connectivity index (χ0v) is 21.0. The van der Waals surface area contributed by atoms with Crippen LogP contribution in [0, 0.1) is 11.8 Å². The molecular formula is C29H26F3N5O. The molecule has 0 saturated heterocycles. The van der Waals surface area contributed by atoms with Gasteiger partial charge in [-0.15, -0.1) is 0 Å². The largest absolute Gasteiger partial charge is 0.416 e. The van der Waals surface area contributed by atoms with Crippen molar-refractivity contribution in [2.24, 2.45) is 0 Å². The minimum atomic E-state index is -4.57. The van der Waals surface area contributed by atoms with Gasteiger partial charge >= 0.3 is 6.18 Å². The van der Waals surface area contributed by atoms with E-state index in [2.05, 4.69) is 32.1 Å². The number of hydrogen-bond donors (Lipinski definition) is 1. The lowest BCUT2D eigenvalue weighted by Gasteiger charge is -2.22. The van der Waals surface area contributed by atoms with Crippen LogP contribution in [0.2, 0.25) is 0 Å². The maximum Gasteiger partial charge on any atom is 0.416 e. The first kappa shape index (κ1) is 26.8. The summed E-state index contributed by atoms with van der Waals surface area (Å²) in [4.78, 5) is 27.1. The Bertz CT molecular complexity index is 1500. The number of rotatable bonds is 7. The summed E-state index contributed by atoms with van der Waals surface area (Å²) in [5.74, 6) is 4.99. The number of alkyl halides is 3. The molecule has 4 rings (SSSR count). The Labute approximate surface area is 219 Å². The predicted octanol–water partition coefficient (Wildman–Crippen LogP) is 5.93. The molecule has 0 fully saturated rings. The summed E-state index contributed by atoms with van der Waals surface area (Å²) in [6.07, 6.45) is 1.05. The van der Waals surface area contributed by atoms with E-state index < -0.39 is 17.6 Å². The third kappa shape index (κ3) is 6.52. The highest BCUT2D eigenvalue weighted by Gasteiger charge is 2.34. The van der Waals surface area contributed by atoms with Gasteiger partial charge in [-0.05, 0) is 49.2 Å². The van der Waals surface area contributed by atoms with Gasteiger partial charge in [0.15, 0.2) is 0 Å². The van der Waals surface area contributed by atoms with Crippen LogP contribution in [0.15, 0.2) is 67.1 Å². The molecule has 1 N–H and O–H groups in total. The molecule has 6 nitrogen and oxygen atoms in total. The van der Waals surface area contributed by atoms with Gasteiger partial charge in [0, 0.05) is 41.6 Å². The summed E-state index contributed by atoms with van der Waals surface area (Å²) < 4.78 is 41.5. The molecule has 0 unspecified atom stereocenters. The van der Waals surface area contributed by atoms with Gasteiger partial charge in [0.2, 0.25) is 5.82 Å². The quantitative estimate of drug-likeness (QED) is 0.308. The van der Waals surface area contributed by atoms with E-state index in [1.165, 1.54) is 18.3 Å². The number of hydrogen-bond acceptors (Lipinski definition) is 5. The van der Waals surface area contributed by atoms with Crippen LogP contribution in [0.25, 0.3) is 10.8 Å². The fourth-order valence-corrected chi connectivity index (χ4v) is 4.03. The summed E-state index contributed by atoms with van der Waals surface area (Å²) in [7, 11) is 0. The van der Waals surface area contributed by atoms with Crippen LogP contribution >= 0.6 is 0 Å². The SMILES string of the molecule is CCCN(CC)Cc1ccc(NC(=O)c2nccc(C#Cc3cncc4ccccc34)n2)cc1C(F)(F)F. The van der Waals surface area contributed by atoms with Gasteiger partial charge in [0.1, 0.15) is 5.69 Å². The number of benzene rings is 2. The summed E-state index contributed by atoms with van der Waals surface area (Å²) >= 11 is 0. The molecule has 0 aliphatic carbocycles. The Morgan fingerprint density at radius 2 is 1.87 bits per heavy atom. The molecule has 0 aliphatic rings. The van der Waals surface area contributed by atoms with Crippen molar-refractivity contribution < 1.29 is 18.0 Å².